The predicted octanol–water partition coefficient (Wildman–Crippen LogP) is 4.85. The number of hydrogen-bond acceptors (Lipinski definition) is 1. The van der Waals surface area contributed by atoms with Crippen LogP contribution in [0.1, 0.15) is 20.8 Å². The molecule has 0 fully saturated rings. The average Bonchev–Trinajstić information content (AvgIpc) is 1.98. The molecular weight excluding hydrogens is 271 g/mol. The van der Waals surface area contributed by atoms with Gasteiger partial charge in [0.25, 0.3) is 0 Å². The Kier molecular flexibility index (Phi) is 5.55. The third-order valence-electron chi connectivity index (χ3n) is 2.39. The summed E-state index contributed by atoms with van der Waals surface area (Å²) in [6, 6.07) is 0.643. The number of quaternary nitrogens is 1. The van der Waals surface area contributed by atoms with Crippen molar-refractivity contribution in [2.45, 2.75) is 26.8 Å². The zero-order chi connectivity index (χ0) is 14.6. The van der Waals surface area contributed by atoms with E-state index in [1.807, 2.05) is 0 Å². The molecule has 0 radical (unpaired) electrons. The number of halogens is 6. The minimum atomic E-state index is -10.7. The Morgan fingerprint density at radius 3 is 1.41 bits per heavy atom. The first-order valence-corrected chi connectivity index (χ1v) is 6.94. The van der Waals surface area contributed by atoms with Crippen LogP contribution in [0.15, 0.2) is 0 Å². The van der Waals surface area contributed by atoms with E-state index >= 15 is 0 Å². The fraction of sp³-hybridized carbons (Fsp3) is 1.00. The Labute approximate surface area is 97.4 Å². The number of methoxy groups -OCH3 is 1. The van der Waals surface area contributed by atoms with Crippen molar-refractivity contribution in [1.29, 1.82) is 0 Å². The van der Waals surface area contributed by atoms with Crippen LogP contribution in [0.25, 0.3) is 0 Å². The van der Waals surface area contributed by atoms with Gasteiger partial charge in [-0.3, -0.25) is 0 Å². The van der Waals surface area contributed by atoms with E-state index in [1.54, 1.807) is 7.11 Å². The number of rotatable bonds is 4. The third kappa shape index (κ3) is 18.5. The normalized spacial score (nSPS) is 19.8. The molecule has 0 rings (SSSR count). The van der Waals surface area contributed by atoms with Crippen LogP contribution in [0.2, 0.25) is 0 Å². The van der Waals surface area contributed by atoms with Gasteiger partial charge in [0.2, 0.25) is 0 Å². The molecule has 0 aromatic heterocycles. The molecule has 0 spiro atoms. The predicted molar refractivity (Wildman–Crippen MR) is 57.3 cm³/mol. The molecule has 0 aliphatic carbocycles. The van der Waals surface area contributed by atoms with Crippen LogP contribution < -0.4 is 0 Å². The third-order valence-corrected chi connectivity index (χ3v) is 2.39. The molecule has 0 bridgehead atoms. The standard InChI is InChI=1S/C8H20NO.F6P/c1-6-9(4,7-10-5)8(2)3;1-7(2,3,4,5)6/h8H,6-7H2,1-5H3;/q+1;-1. The summed E-state index contributed by atoms with van der Waals surface area (Å²) in [6.07, 6.45) is 0. The first-order chi connectivity index (χ1) is 7.01. The summed E-state index contributed by atoms with van der Waals surface area (Å²) in [5, 5.41) is 0. The van der Waals surface area contributed by atoms with Gasteiger partial charge in [0.1, 0.15) is 0 Å². The maximum absolute atomic E-state index is 10.7. The van der Waals surface area contributed by atoms with Gasteiger partial charge in [-0.2, -0.15) is 0 Å². The summed E-state index contributed by atoms with van der Waals surface area (Å²) in [5.41, 5.74) is 0. The second kappa shape index (κ2) is 4.90. The molecule has 0 N–H and O–H groups in total. The van der Waals surface area contributed by atoms with E-state index in [-0.39, 0.29) is 0 Å². The molecule has 0 aromatic rings. The first-order valence-electron chi connectivity index (χ1n) is 4.91. The number of ether oxygens (including phenoxy) is 1. The van der Waals surface area contributed by atoms with E-state index in [0.717, 1.165) is 17.8 Å². The molecule has 110 valence electrons. The van der Waals surface area contributed by atoms with Crippen LogP contribution in [0.3, 0.4) is 0 Å². The molecule has 17 heavy (non-hydrogen) atoms. The van der Waals surface area contributed by atoms with E-state index in [0.29, 0.717) is 6.04 Å². The van der Waals surface area contributed by atoms with Gasteiger partial charge in [-0.15, -0.1) is 0 Å². The van der Waals surface area contributed by atoms with Crippen molar-refractivity contribution in [3.8, 4) is 0 Å². The molecule has 0 saturated carbocycles. The summed E-state index contributed by atoms with van der Waals surface area (Å²) in [5.74, 6) is 0. The van der Waals surface area contributed by atoms with Gasteiger partial charge in [-0.25, -0.2) is 0 Å². The van der Waals surface area contributed by atoms with E-state index in [2.05, 4.69) is 27.8 Å². The molecule has 0 aliphatic heterocycles. The van der Waals surface area contributed by atoms with Crippen LogP contribution in [-0.4, -0.2) is 38.0 Å². The van der Waals surface area contributed by atoms with Crippen LogP contribution in [0.5, 0.6) is 0 Å². The average molecular weight is 291 g/mol. The van der Waals surface area contributed by atoms with E-state index in [9.17, 15) is 25.2 Å². The summed E-state index contributed by atoms with van der Waals surface area (Å²) in [6.45, 7) is 8.59. The summed E-state index contributed by atoms with van der Waals surface area (Å²) >= 11 is 0. The summed E-state index contributed by atoms with van der Waals surface area (Å²) in [4.78, 5) is 0. The quantitative estimate of drug-likeness (QED) is 0.311. The Balaban J connectivity index is 0. The van der Waals surface area contributed by atoms with Crippen molar-refractivity contribution in [1.82, 2.24) is 0 Å². The Hall–Kier alpha value is -0.0700. The van der Waals surface area contributed by atoms with Crippen molar-refractivity contribution in [3.63, 3.8) is 0 Å². The van der Waals surface area contributed by atoms with E-state index in [1.165, 1.54) is 0 Å². The van der Waals surface area contributed by atoms with Crippen molar-refractivity contribution < 1.29 is 34.4 Å². The topological polar surface area (TPSA) is 9.23 Å². The SMILES string of the molecule is CC[N+](C)(COC)C(C)C.F[P-](F)(F)(F)(F)F. The van der Waals surface area contributed by atoms with Crippen molar-refractivity contribution >= 4 is 7.81 Å². The Morgan fingerprint density at radius 1 is 1.06 bits per heavy atom. The second-order valence-corrected chi connectivity index (χ2v) is 6.18. The van der Waals surface area contributed by atoms with Crippen molar-refractivity contribution in [2.75, 3.05) is 27.4 Å². The molecule has 0 saturated heterocycles. The van der Waals surface area contributed by atoms with Gasteiger partial charge < -0.3 is 9.22 Å². The molecule has 0 aliphatic rings. The van der Waals surface area contributed by atoms with Crippen LogP contribution in [0, 0.1) is 0 Å². The fourth-order valence-electron chi connectivity index (χ4n) is 0.900. The van der Waals surface area contributed by atoms with Gasteiger partial charge in [-0.1, -0.05) is 0 Å². The number of nitrogens with zero attached hydrogens (tertiary/aromatic N) is 1. The van der Waals surface area contributed by atoms with Gasteiger partial charge in [-0.05, 0) is 20.8 Å². The van der Waals surface area contributed by atoms with Gasteiger partial charge in [0.05, 0.1) is 19.6 Å². The van der Waals surface area contributed by atoms with Crippen molar-refractivity contribution in [3.05, 3.63) is 0 Å². The second-order valence-electron chi connectivity index (χ2n) is 4.27. The van der Waals surface area contributed by atoms with Gasteiger partial charge in [0.15, 0.2) is 6.73 Å². The molecule has 2 nitrogen and oxygen atoms in total. The zero-order valence-corrected chi connectivity index (χ0v) is 11.5. The van der Waals surface area contributed by atoms with Crippen molar-refractivity contribution in [2.24, 2.45) is 0 Å². The van der Waals surface area contributed by atoms with Crippen LogP contribution in [0.4, 0.5) is 25.2 Å². The zero-order valence-electron chi connectivity index (χ0n) is 10.6. The molecule has 9 heteroatoms. The minimum absolute atomic E-state index is 0.643. The Morgan fingerprint density at radius 2 is 1.35 bits per heavy atom. The van der Waals surface area contributed by atoms with Gasteiger partial charge in [0, 0.05) is 7.11 Å². The van der Waals surface area contributed by atoms with Crippen LogP contribution in [-0.2, 0) is 4.74 Å². The number of hydrogen-bond donors (Lipinski definition) is 0. The molecule has 1 atom stereocenters. The van der Waals surface area contributed by atoms with Gasteiger partial charge >= 0.3 is 33.0 Å². The fourth-order valence-corrected chi connectivity index (χ4v) is 0.900. The molecule has 1 unspecified atom stereocenters. The summed E-state index contributed by atoms with van der Waals surface area (Å²) < 4.78 is 65.3. The van der Waals surface area contributed by atoms with E-state index < -0.39 is 7.81 Å². The first kappa shape index (κ1) is 19.3. The molecule has 0 aromatic carbocycles. The Bertz CT molecular complexity index is 226. The van der Waals surface area contributed by atoms with Crippen LogP contribution >= 0.6 is 7.81 Å². The van der Waals surface area contributed by atoms with E-state index in [4.69, 9.17) is 4.74 Å². The molecule has 0 heterocycles. The molecular formula is C8H20F6NOP. The summed E-state index contributed by atoms with van der Waals surface area (Å²) in [7, 11) is -6.68. The monoisotopic (exact) mass is 291 g/mol. The maximum atomic E-state index is 9.87. The molecule has 0 amide bonds.